The van der Waals surface area contributed by atoms with Crippen LogP contribution in [0.2, 0.25) is 0 Å². The number of fused-ring (bicyclic) bond motifs is 3. The Morgan fingerprint density at radius 3 is 2.52 bits per heavy atom. The van der Waals surface area contributed by atoms with Crippen molar-refractivity contribution >= 4 is 0 Å². The fraction of sp³-hybridized carbons (Fsp3) is 0.900. The molecule has 3 N–H and O–H groups in total. The molecule has 3 aliphatic carbocycles. The zero-order chi connectivity index (χ0) is 17.0. The van der Waals surface area contributed by atoms with Crippen LogP contribution in [-0.2, 0) is 0 Å². The molecule has 0 bridgehead atoms. The van der Waals surface area contributed by atoms with Crippen molar-refractivity contribution in [2.75, 3.05) is 6.61 Å². The molecule has 0 aromatic carbocycles. The van der Waals surface area contributed by atoms with Crippen molar-refractivity contribution in [1.29, 1.82) is 0 Å². The van der Waals surface area contributed by atoms with Crippen molar-refractivity contribution in [2.24, 2.45) is 28.1 Å². The van der Waals surface area contributed by atoms with Crippen molar-refractivity contribution < 1.29 is 15.3 Å². The molecule has 3 rings (SSSR count). The normalized spacial score (nSPS) is 47.3. The molecule has 0 saturated heterocycles. The Hall–Kier alpha value is -0.380. The van der Waals surface area contributed by atoms with Crippen LogP contribution in [0.15, 0.2) is 11.6 Å². The van der Waals surface area contributed by atoms with Crippen molar-refractivity contribution in [3.63, 3.8) is 0 Å². The third-order valence-corrected chi connectivity index (χ3v) is 7.88. The van der Waals surface area contributed by atoms with Gasteiger partial charge < -0.3 is 15.3 Å². The number of hydrogen-bond acceptors (Lipinski definition) is 3. The molecule has 0 radical (unpaired) electrons. The number of hydrogen-bond donors (Lipinski definition) is 3. The highest BCUT2D eigenvalue weighted by molar-refractivity contribution is 5.25. The van der Waals surface area contributed by atoms with E-state index in [-0.39, 0.29) is 29.0 Å². The molecule has 2 saturated carbocycles. The molecule has 3 aliphatic rings. The number of aliphatic hydroxyl groups excluding tert-OH is 3. The summed E-state index contributed by atoms with van der Waals surface area (Å²) in [4.78, 5) is 0. The summed E-state index contributed by atoms with van der Waals surface area (Å²) in [5, 5.41) is 30.5. The summed E-state index contributed by atoms with van der Waals surface area (Å²) in [5.41, 5.74) is 1.43. The van der Waals surface area contributed by atoms with Gasteiger partial charge in [0.2, 0.25) is 0 Å². The third-order valence-electron chi connectivity index (χ3n) is 7.88. The van der Waals surface area contributed by atoms with Crippen LogP contribution in [0.5, 0.6) is 0 Å². The van der Waals surface area contributed by atoms with Crippen LogP contribution < -0.4 is 0 Å². The van der Waals surface area contributed by atoms with Gasteiger partial charge in [-0.3, -0.25) is 0 Å². The first kappa shape index (κ1) is 17.4. The number of aliphatic hydroxyl groups is 3. The summed E-state index contributed by atoms with van der Waals surface area (Å²) in [6.07, 6.45) is 7.37. The van der Waals surface area contributed by atoms with Crippen LogP contribution in [0.3, 0.4) is 0 Å². The topological polar surface area (TPSA) is 60.7 Å². The van der Waals surface area contributed by atoms with E-state index >= 15 is 0 Å². The summed E-state index contributed by atoms with van der Waals surface area (Å²) < 4.78 is 0. The maximum absolute atomic E-state index is 10.9. The van der Waals surface area contributed by atoms with E-state index in [0.29, 0.717) is 11.8 Å². The van der Waals surface area contributed by atoms with Crippen molar-refractivity contribution in [3.8, 4) is 0 Å². The fourth-order valence-corrected chi connectivity index (χ4v) is 6.15. The largest absolute Gasteiger partial charge is 0.394 e. The van der Waals surface area contributed by atoms with E-state index in [2.05, 4.69) is 33.8 Å². The molecule has 0 amide bonds. The second kappa shape index (κ2) is 5.57. The quantitative estimate of drug-likeness (QED) is 0.684. The molecule has 0 unspecified atom stereocenters. The third kappa shape index (κ3) is 2.51. The smallest absolute Gasteiger partial charge is 0.0827 e. The van der Waals surface area contributed by atoms with E-state index in [9.17, 15) is 15.3 Å². The Bertz CT molecular complexity index is 497. The predicted molar refractivity (Wildman–Crippen MR) is 91.9 cm³/mol. The molecule has 0 aromatic heterocycles. The van der Waals surface area contributed by atoms with Gasteiger partial charge in [-0.25, -0.2) is 0 Å². The Morgan fingerprint density at radius 1 is 1.17 bits per heavy atom. The van der Waals surface area contributed by atoms with Crippen LogP contribution in [0.25, 0.3) is 0 Å². The summed E-state index contributed by atoms with van der Waals surface area (Å²) >= 11 is 0. The van der Waals surface area contributed by atoms with Gasteiger partial charge >= 0.3 is 0 Å². The van der Waals surface area contributed by atoms with E-state index < -0.39 is 6.10 Å². The molecule has 23 heavy (non-hydrogen) atoms. The highest BCUT2D eigenvalue weighted by Crippen LogP contribution is 2.63. The molecule has 6 atom stereocenters. The van der Waals surface area contributed by atoms with E-state index in [1.807, 2.05) is 0 Å². The monoisotopic (exact) mass is 322 g/mol. The predicted octanol–water partition coefficient (Wildman–Crippen LogP) is 3.28. The Balaban J connectivity index is 1.94. The Labute approximate surface area is 140 Å². The highest BCUT2D eigenvalue weighted by atomic mass is 16.3. The number of allylic oxidation sites excluding steroid dienone is 2. The first-order valence-corrected chi connectivity index (χ1v) is 9.31. The van der Waals surface area contributed by atoms with Crippen molar-refractivity contribution in [3.05, 3.63) is 11.6 Å². The second-order valence-corrected chi connectivity index (χ2v) is 9.60. The van der Waals surface area contributed by atoms with Crippen LogP contribution >= 0.6 is 0 Å². The SMILES string of the molecule is CC1(C)CC[C@@H](O)[C@]2(C)[C@H]3CC[C@](C)([C@H](O)CO)CC3=CC[C@@H]12. The lowest BCUT2D eigenvalue weighted by atomic mass is 9.45. The first-order valence-electron chi connectivity index (χ1n) is 9.31. The van der Waals surface area contributed by atoms with Crippen LogP contribution in [0, 0.1) is 28.1 Å². The molecule has 3 heteroatoms. The van der Waals surface area contributed by atoms with Gasteiger partial charge in [0.1, 0.15) is 0 Å². The molecular weight excluding hydrogens is 288 g/mol. The van der Waals surface area contributed by atoms with Crippen LogP contribution in [-0.4, -0.2) is 34.1 Å². The minimum Gasteiger partial charge on any atom is -0.394 e. The Morgan fingerprint density at radius 2 is 1.87 bits per heavy atom. The molecule has 0 heterocycles. The van der Waals surface area contributed by atoms with Gasteiger partial charge in [-0.15, -0.1) is 0 Å². The number of rotatable bonds is 2. The van der Waals surface area contributed by atoms with Gasteiger partial charge in [0.25, 0.3) is 0 Å². The van der Waals surface area contributed by atoms with Crippen LogP contribution in [0.4, 0.5) is 0 Å². The van der Waals surface area contributed by atoms with Gasteiger partial charge in [-0.2, -0.15) is 0 Å². The first-order chi connectivity index (χ1) is 10.6. The summed E-state index contributed by atoms with van der Waals surface area (Å²) in [6, 6.07) is 0. The van der Waals surface area contributed by atoms with Gasteiger partial charge in [-0.05, 0) is 61.2 Å². The molecule has 0 spiro atoms. The van der Waals surface area contributed by atoms with Gasteiger partial charge in [0.15, 0.2) is 0 Å². The summed E-state index contributed by atoms with van der Waals surface area (Å²) in [5.74, 6) is 0.953. The van der Waals surface area contributed by atoms with E-state index in [4.69, 9.17) is 0 Å². The average Bonchev–Trinajstić information content (AvgIpc) is 2.50. The molecular formula is C20H34O3. The van der Waals surface area contributed by atoms with Gasteiger partial charge in [-0.1, -0.05) is 39.3 Å². The average molecular weight is 322 g/mol. The minimum absolute atomic E-state index is 0.0443. The fourth-order valence-electron chi connectivity index (χ4n) is 6.15. The van der Waals surface area contributed by atoms with E-state index in [0.717, 1.165) is 38.5 Å². The molecule has 132 valence electrons. The zero-order valence-corrected chi connectivity index (χ0v) is 15.2. The van der Waals surface area contributed by atoms with Gasteiger partial charge in [0, 0.05) is 5.41 Å². The van der Waals surface area contributed by atoms with E-state index in [1.165, 1.54) is 5.57 Å². The zero-order valence-electron chi connectivity index (χ0n) is 15.2. The minimum atomic E-state index is -0.650. The Kier molecular flexibility index (Phi) is 4.23. The molecule has 0 aromatic rings. The van der Waals surface area contributed by atoms with E-state index in [1.54, 1.807) is 0 Å². The lowest BCUT2D eigenvalue weighted by Gasteiger charge is -2.61. The van der Waals surface area contributed by atoms with Crippen molar-refractivity contribution in [2.45, 2.75) is 78.4 Å². The molecule has 3 nitrogen and oxygen atoms in total. The maximum Gasteiger partial charge on any atom is 0.0827 e. The molecule has 0 aliphatic heterocycles. The lowest BCUT2D eigenvalue weighted by molar-refractivity contribution is -0.140. The maximum atomic E-state index is 10.9. The standard InChI is InChI=1S/C20H34O3/c1-18(2)9-8-16(22)20(4)14-7-10-19(3,17(23)12-21)11-13(14)5-6-15(18)20/h5,14-17,21-23H,6-12H2,1-4H3/t14-,15-,16+,17+,19-,20+/m0/s1. The summed E-state index contributed by atoms with van der Waals surface area (Å²) in [7, 11) is 0. The molecule has 2 fully saturated rings. The highest BCUT2D eigenvalue weighted by Gasteiger charge is 2.58. The van der Waals surface area contributed by atoms with Crippen LogP contribution in [0.1, 0.15) is 66.2 Å². The summed E-state index contributed by atoms with van der Waals surface area (Å²) in [6.45, 7) is 8.98. The van der Waals surface area contributed by atoms with Crippen molar-refractivity contribution in [1.82, 2.24) is 0 Å². The second-order valence-electron chi connectivity index (χ2n) is 9.60. The van der Waals surface area contributed by atoms with Gasteiger partial charge in [0.05, 0.1) is 18.8 Å². The lowest BCUT2D eigenvalue weighted by Crippen LogP contribution is -2.57.